The van der Waals surface area contributed by atoms with Crippen LogP contribution in [-0.4, -0.2) is 24.5 Å². The predicted octanol–water partition coefficient (Wildman–Crippen LogP) is 1.18. The van der Waals surface area contributed by atoms with Crippen LogP contribution < -0.4 is 10.6 Å². The van der Waals surface area contributed by atoms with Crippen molar-refractivity contribution in [3.8, 4) is 0 Å². The molecule has 5 heteroatoms. The minimum Gasteiger partial charge on any atom is -0.315 e. The van der Waals surface area contributed by atoms with E-state index in [1.165, 1.54) is 24.2 Å². The molecule has 0 radical (unpaired) electrons. The maximum absolute atomic E-state index is 11.3. The average molecular weight is 211 g/mol. The Balaban J connectivity index is 2.01. The molecule has 1 aromatic heterocycles. The quantitative estimate of drug-likeness (QED) is 0.786. The first-order chi connectivity index (χ1) is 6.81. The van der Waals surface area contributed by atoms with Crippen molar-refractivity contribution in [2.24, 2.45) is 0 Å². The van der Waals surface area contributed by atoms with Crippen molar-refractivity contribution < 1.29 is 4.79 Å². The molecule has 0 unspecified atom stereocenters. The average Bonchev–Trinajstić information content (AvgIpc) is 2.89. The number of thiazole rings is 1. The Morgan fingerprint density at radius 2 is 2.50 bits per heavy atom. The fourth-order valence-corrected chi connectivity index (χ4v) is 2.11. The van der Waals surface area contributed by atoms with Crippen LogP contribution >= 0.6 is 11.3 Å². The second-order valence-electron chi connectivity index (χ2n) is 3.42. The molecule has 1 aromatic rings. The molecule has 0 aliphatic heterocycles. The van der Waals surface area contributed by atoms with Gasteiger partial charge in [-0.1, -0.05) is 0 Å². The number of hydrogen-bond acceptors (Lipinski definition) is 4. The third-order valence-corrected chi connectivity index (χ3v) is 2.91. The van der Waals surface area contributed by atoms with Gasteiger partial charge in [-0.15, -0.1) is 11.3 Å². The van der Waals surface area contributed by atoms with Crippen molar-refractivity contribution in [1.82, 2.24) is 10.3 Å². The normalized spacial score (nSPS) is 15.5. The van der Waals surface area contributed by atoms with Gasteiger partial charge in [0, 0.05) is 5.92 Å². The number of aromatic nitrogens is 1. The lowest BCUT2D eigenvalue weighted by atomic mass is 10.3. The Labute approximate surface area is 86.7 Å². The molecule has 1 fully saturated rings. The molecular weight excluding hydrogens is 198 g/mol. The van der Waals surface area contributed by atoms with Crippen LogP contribution in [0.1, 0.15) is 24.5 Å². The number of amides is 1. The van der Waals surface area contributed by atoms with Gasteiger partial charge in [0.25, 0.3) is 0 Å². The van der Waals surface area contributed by atoms with E-state index < -0.39 is 0 Å². The highest BCUT2D eigenvalue weighted by molar-refractivity contribution is 7.14. The van der Waals surface area contributed by atoms with E-state index in [-0.39, 0.29) is 5.91 Å². The van der Waals surface area contributed by atoms with Gasteiger partial charge in [0.2, 0.25) is 5.91 Å². The van der Waals surface area contributed by atoms with Crippen molar-refractivity contribution >= 4 is 22.2 Å². The van der Waals surface area contributed by atoms with E-state index >= 15 is 0 Å². The van der Waals surface area contributed by atoms with E-state index in [1.807, 2.05) is 0 Å². The highest BCUT2D eigenvalue weighted by Gasteiger charge is 2.28. The molecular formula is C9H13N3OS. The van der Waals surface area contributed by atoms with E-state index in [9.17, 15) is 4.79 Å². The molecule has 0 spiro atoms. The summed E-state index contributed by atoms with van der Waals surface area (Å²) >= 11 is 1.50. The number of anilines is 1. The van der Waals surface area contributed by atoms with Crippen LogP contribution in [0.5, 0.6) is 0 Å². The molecule has 0 atom stereocenters. The summed E-state index contributed by atoms with van der Waals surface area (Å²) < 4.78 is 0. The van der Waals surface area contributed by atoms with Crippen LogP contribution in [0.15, 0.2) is 5.51 Å². The molecule has 0 aromatic carbocycles. The first kappa shape index (κ1) is 9.61. The maximum Gasteiger partial charge on any atom is 0.238 e. The van der Waals surface area contributed by atoms with E-state index in [0.29, 0.717) is 12.5 Å². The van der Waals surface area contributed by atoms with Gasteiger partial charge in [0.05, 0.1) is 17.7 Å². The van der Waals surface area contributed by atoms with E-state index in [0.717, 1.165) is 10.7 Å². The number of nitrogens with zero attached hydrogens (tertiary/aromatic N) is 1. The van der Waals surface area contributed by atoms with Crippen LogP contribution in [0.4, 0.5) is 5.00 Å². The van der Waals surface area contributed by atoms with Crippen molar-refractivity contribution in [3.05, 3.63) is 11.2 Å². The third kappa shape index (κ3) is 2.10. The summed E-state index contributed by atoms with van der Waals surface area (Å²) in [6.07, 6.45) is 2.41. The van der Waals surface area contributed by atoms with Gasteiger partial charge in [-0.3, -0.25) is 4.79 Å². The standard InChI is InChI=1S/C9H13N3OS/c1-10-4-7(13)12-9-8(6-2-3-6)11-5-14-9/h5-6,10H,2-4H2,1H3,(H,12,13). The second-order valence-corrected chi connectivity index (χ2v) is 4.27. The maximum atomic E-state index is 11.3. The first-order valence-corrected chi connectivity index (χ1v) is 5.57. The van der Waals surface area contributed by atoms with Crippen LogP contribution in [0.3, 0.4) is 0 Å². The number of nitrogens with one attached hydrogen (secondary N) is 2. The molecule has 1 saturated carbocycles. The largest absolute Gasteiger partial charge is 0.315 e. The molecule has 1 aliphatic rings. The smallest absolute Gasteiger partial charge is 0.238 e. The molecule has 4 nitrogen and oxygen atoms in total. The van der Waals surface area contributed by atoms with Gasteiger partial charge in [0.15, 0.2) is 0 Å². The van der Waals surface area contributed by atoms with E-state index in [4.69, 9.17) is 0 Å². The van der Waals surface area contributed by atoms with Gasteiger partial charge in [-0.2, -0.15) is 0 Å². The van der Waals surface area contributed by atoms with Gasteiger partial charge in [-0.25, -0.2) is 4.98 Å². The zero-order valence-corrected chi connectivity index (χ0v) is 8.86. The molecule has 1 amide bonds. The van der Waals surface area contributed by atoms with Crippen LogP contribution in [0.2, 0.25) is 0 Å². The Bertz CT molecular complexity index is 333. The number of hydrogen-bond donors (Lipinski definition) is 2. The SMILES string of the molecule is CNCC(=O)Nc1scnc1C1CC1. The number of carbonyl (C=O) groups excluding carboxylic acids is 1. The van der Waals surface area contributed by atoms with Crippen LogP contribution in [0.25, 0.3) is 0 Å². The highest BCUT2D eigenvalue weighted by atomic mass is 32.1. The predicted molar refractivity (Wildman–Crippen MR) is 56.6 cm³/mol. The second kappa shape index (κ2) is 4.06. The monoisotopic (exact) mass is 211 g/mol. The summed E-state index contributed by atoms with van der Waals surface area (Å²) in [5.74, 6) is 0.588. The summed E-state index contributed by atoms with van der Waals surface area (Å²) in [5, 5.41) is 6.61. The Hall–Kier alpha value is -0.940. The molecule has 2 N–H and O–H groups in total. The van der Waals surface area contributed by atoms with E-state index in [2.05, 4.69) is 15.6 Å². The molecule has 14 heavy (non-hydrogen) atoms. The molecule has 1 aliphatic carbocycles. The van der Waals surface area contributed by atoms with Crippen molar-refractivity contribution in [2.45, 2.75) is 18.8 Å². The van der Waals surface area contributed by atoms with Crippen LogP contribution in [0, 0.1) is 0 Å². The zero-order valence-electron chi connectivity index (χ0n) is 8.04. The Kier molecular flexibility index (Phi) is 2.79. The van der Waals surface area contributed by atoms with Crippen molar-refractivity contribution in [2.75, 3.05) is 18.9 Å². The summed E-state index contributed by atoms with van der Waals surface area (Å²) in [4.78, 5) is 15.6. The molecule has 0 bridgehead atoms. The van der Waals surface area contributed by atoms with E-state index in [1.54, 1.807) is 12.6 Å². The highest BCUT2D eigenvalue weighted by Crippen LogP contribution is 2.43. The van der Waals surface area contributed by atoms with Crippen molar-refractivity contribution in [1.29, 1.82) is 0 Å². The molecule has 1 heterocycles. The fraction of sp³-hybridized carbons (Fsp3) is 0.556. The zero-order chi connectivity index (χ0) is 9.97. The van der Waals surface area contributed by atoms with Gasteiger partial charge >= 0.3 is 0 Å². The summed E-state index contributed by atoms with van der Waals surface area (Å²) in [5.41, 5.74) is 2.86. The lowest BCUT2D eigenvalue weighted by Crippen LogP contribution is -2.25. The van der Waals surface area contributed by atoms with Crippen molar-refractivity contribution in [3.63, 3.8) is 0 Å². The minimum absolute atomic E-state index is 0.00125. The van der Waals surface area contributed by atoms with Gasteiger partial charge < -0.3 is 10.6 Å². The fourth-order valence-electron chi connectivity index (χ4n) is 1.33. The number of likely N-dealkylation sites (N-methyl/N-ethyl adjacent to an activating group) is 1. The summed E-state index contributed by atoms with van der Waals surface area (Å²) in [7, 11) is 1.76. The molecule has 2 rings (SSSR count). The first-order valence-electron chi connectivity index (χ1n) is 4.69. The number of rotatable bonds is 4. The molecule has 0 saturated heterocycles. The third-order valence-electron chi connectivity index (χ3n) is 2.15. The minimum atomic E-state index is -0.00125. The Morgan fingerprint density at radius 3 is 3.14 bits per heavy atom. The van der Waals surface area contributed by atoms with Gasteiger partial charge in [-0.05, 0) is 19.9 Å². The van der Waals surface area contributed by atoms with Gasteiger partial charge in [0.1, 0.15) is 5.00 Å². The number of carbonyl (C=O) groups is 1. The Morgan fingerprint density at radius 1 is 1.71 bits per heavy atom. The topological polar surface area (TPSA) is 54.0 Å². The summed E-state index contributed by atoms with van der Waals surface area (Å²) in [6, 6.07) is 0. The lowest BCUT2D eigenvalue weighted by Gasteiger charge is -2.03. The lowest BCUT2D eigenvalue weighted by molar-refractivity contribution is -0.115. The molecule has 76 valence electrons. The summed E-state index contributed by atoms with van der Waals surface area (Å²) in [6.45, 7) is 0.349. The van der Waals surface area contributed by atoms with Crippen LogP contribution in [-0.2, 0) is 4.79 Å².